The van der Waals surface area contributed by atoms with Gasteiger partial charge in [0, 0.05) is 24.6 Å². The van der Waals surface area contributed by atoms with Crippen molar-refractivity contribution in [1.82, 2.24) is 4.98 Å². The second-order valence-corrected chi connectivity index (χ2v) is 5.14. The topological polar surface area (TPSA) is 36.4 Å². The van der Waals surface area contributed by atoms with Crippen molar-refractivity contribution in [3.8, 4) is 0 Å². The third kappa shape index (κ3) is 2.51. The van der Waals surface area contributed by atoms with Gasteiger partial charge in [-0.25, -0.2) is 9.37 Å². The number of pyridine rings is 1. The van der Waals surface area contributed by atoms with Crippen LogP contribution in [0.5, 0.6) is 0 Å². The Morgan fingerprint density at radius 2 is 2.10 bits per heavy atom. The molecule has 1 aliphatic rings. The summed E-state index contributed by atoms with van der Waals surface area (Å²) in [6.07, 6.45) is 2.26. The maximum Gasteiger partial charge on any atom is 0.142 e. The maximum atomic E-state index is 13.2. The van der Waals surface area contributed by atoms with Gasteiger partial charge in [0.15, 0.2) is 0 Å². The predicted octanol–water partition coefficient (Wildman–Crippen LogP) is 2.71. The molecule has 0 spiro atoms. The van der Waals surface area contributed by atoms with Crippen LogP contribution in [0.25, 0.3) is 0 Å². The number of halogens is 1. The Bertz CT molecular complexity index is 588. The molecule has 1 aromatic heterocycles. The molecule has 2 heterocycles. The molecule has 0 radical (unpaired) electrons. The molecular weight excluding hydrogens is 255 g/mol. The molecule has 1 aliphatic heterocycles. The zero-order valence-corrected chi connectivity index (χ0v) is 11.2. The van der Waals surface area contributed by atoms with Crippen molar-refractivity contribution < 1.29 is 9.50 Å². The highest BCUT2D eigenvalue weighted by molar-refractivity contribution is 5.48. The van der Waals surface area contributed by atoms with Gasteiger partial charge in [-0.2, -0.15) is 0 Å². The molecule has 20 heavy (non-hydrogen) atoms. The lowest BCUT2D eigenvalue weighted by atomic mass is 9.99. The summed E-state index contributed by atoms with van der Waals surface area (Å²) in [7, 11) is 0. The lowest BCUT2D eigenvalue weighted by molar-refractivity contribution is 0.281. The van der Waals surface area contributed by atoms with Crippen LogP contribution >= 0.6 is 0 Å². The summed E-state index contributed by atoms with van der Waals surface area (Å²) in [5, 5.41) is 9.35. The van der Waals surface area contributed by atoms with Gasteiger partial charge in [-0.05, 0) is 18.1 Å². The van der Waals surface area contributed by atoms with Crippen LogP contribution in [0.15, 0.2) is 42.6 Å². The smallest absolute Gasteiger partial charge is 0.142 e. The summed E-state index contributed by atoms with van der Waals surface area (Å²) < 4.78 is 13.2. The Hall–Kier alpha value is -1.94. The average Bonchev–Trinajstić information content (AvgIpc) is 2.97. The fraction of sp³-hybridized carbons (Fsp3) is 0.312. The van der Waals surface area contributed by atoms with Gasteiger partial charge < -0.3 is 10.0 Å². The number of nitrogens with zero attached hydrogens (tertiary/aromatic N) is 2. The van der Waals surface area contributed by atoms with E-state index in [2.05, 4.69) is 22.0 Å². The van der Waals surface area contributed by atoms with Crippen molar-refractivity contribution in [3.05, 3.63) is 59.5 Å². The molecular formula is C16H17FN2O. The van der Waals surface area contributed by atoms with Gasteiger partial charge in [0.2, 0.25) is 0 Å². The van der Waals surface area contributed by atoms with Crippen molar-refractivity contribution in [2.24, 2.45) is 0 Å². The number of aromatic nitrogens is 1. The fourth-order valence-corrected chi connectivity index (χ4v) is 2.83. The summed E-state index contributed by atoms with van der Waals surface area (Å²) in [4.78, 5) is 6.28. The van der Waals surface area contributed by atoms with Crippen LogP contribution in [-0.4, -0.2) is 23.2 Å². The van der Waals surface area contributed by atoms with Crippen LogP contribution < -0.4 is 4.90 Å². The minimum Gasteiger partial charge on any atom is -0.392 e. The van der Waals surface area contributed by atoms with Crippen LogP contribution in [0.1, 0.15) is 23.5 Å². The lowest BCUT2D eigenvalue weighted by Gasteiger charge is -2.20. The Morgan fingerprint density at radius 3 is 2.85 bits per heavy atom. The third-order valence-electron chi connectivity index (χ3n) is 3.84. The van der Waals surface area contributed by atoms with Crippen LogP contribution in [0.3, 0.4) is 0 Å². The highest BCUT2D eigenvalue weighted by Gasteiger charge is 2.26. The minimum absolute atomic E-state index is 0.188. The Labute approximate surface area is 117 Å². The summed E-state index contributed by atoms with van der Waals surface area (Å²) in [5.41, 5.74) is 1.88. The van der Waals surface area contributed by atoms with Crippen LogP contribution in [0.4, 0.5) is 10.2 Å². The minimum atomic E-state index is -0.406. The SMILES string of the molecule is OCc1cc(F)cnc1N1CCC(c2ccccc2)C1. The quantitative estimate of drug-likeness (QED) is 0.933. The molecule has 1 saturated heterocycles. The molecule has 0 amide bonds. The molecule has 1 atom stereocenters. The molecule has 0 aliphatic carbocycles. The van der Waals surface area contributed by atoms with Crippen molar-refractivity contribution >= 4 is 5.82 Å². The molecule has 1 unspecified atom stereocenters. The van der Waals surface area contributed by atoms with Gasteiger partial charge in [-0.15, -0.1) is 0 Å². The molecule has 1 N–H and O–H groups in total. The average molecular weight is 272 g/mol. The van der Waals surface area contributed by atoms with E-state index >= 15 is 0 Å². The number of anilines is 1. The molecule has 3 nitrogen and oxygen atoms in total. The van der Waals surface area contributed by atoms with Gasteiger partial charge in [-0.3, -0.25) is 0 Å². The Morgan fingerprint density at radius 1 is 1.30 bits per heavy atom. The number of aliphatic hydroxyl groups excluding tert-OH is 1. The third-order valence-corrected chi connectivity index (χ3v) is 3.84. The van der Waals surface area contributed by atoms with Crippen molar-refractivity contribution in [2.45, 2.75) is 18.9 Å². The molecule has 3 rings (SSSR count). The molecule has 0 saturated carbocycles. The van der Waals surface area contributed by atoms with Crippen molar-refractivity contribution in [1.29, 1.82) is 0 Å². The van der Waals surface area contributed by atoms with Gasteiger partial charge in [-0.1, -0.05) is 30.3 Å². The van der Waals surface area contributed by atoms with E-state index < -0.39 is 5.82 Å². The van der Waals surface area contributed by atoms with E-state index in [1.165, 1.54) is 17.8 Å². The lowest BCUT2D eigenvalue weighted by Crippen LogP contribution is -2.22. The highest BCUT2D eigenvalue weighted by Crippen LogP contribution is 2.31. The molecule has 2 aromatic rings. The first-order valence-corrected chi connectivity index (χ1v) is 6.83. The predicted molar refractivity (Wildman–Crippen MR) is 76.1 cm³/mol. The van der Waals surface area contributed by atoms with Crippen LogP contribution in [0, 0.1) is 5.82 Å². The summed E-state index contributed by atoms with van der Waals surface area (Å²) in [6, 6.07) is 11.7. The monoisotopic (exact) mass is 272 g/mol. The molecule has 4 heteroatoms. The molecule has 0 bridgehead atoms. The second kappa shape index (κ2) is 5.59. The number of benzene rings is 1. The highest BCUT2D eigenvalue weighted by atomic mass is 19.1. The van der Waals surface area contributed by atoms with Gasteiger partial charge in [0.25, 0.3) is 0 Å². The first kappa shape index (κ1) is 13.1. The first-order chi connectivity index (χ1) is 9.78. The van der Waals surface area contributed by atoms with E-state index in [1.807, 2.05) is 18.2 Å². The zero-order chi connectivity index (χ0) is 13.9. The normalized spacial score (nSPS) is 18.5. The Balaban J connectivity index is 1.81. The second-order valence-electron chi connectivity index (χ2n) is 5.14. The van der Waals surface area contributed by atoms with E-state index in [4.69, 9.17) is 0 Å². The van der Waals surface area contributed by atoms with Crippen molar-refractivity contribution in [3.63, 3.8) is 0 Å². The van der Waals surface area contributed by atoms with E-state index in [-0.39, 0.29) is 6.61 Å². The van der Waals surface area contributed by atoms with Crippen LogP contribution in [-0.2, 0) is 6.61 Å². The van der Waals surface area contributed by atoms with E-state index in [0.717, 1.165) is 19.5 Å². The molecule has 1 fully saturated rings. The summed E-state index contributed by atoms with van der Waals surface area (Å²) in [6.45, 7) is 1.55. The van der Waals surface area contributed by atoms with E-state index in [9.17, 15) is 9.50 Å². The van der Waals surface area contributed by atoms with Gasteiger partial charge in [0.1, 0.15) is 11.6 Å². The van der Waals surface area contributed by atoms with Crippen LogP contribution in [0.2, 0.25) is 0 Å². The molecule has 104 valence electrons. The van der Waals surface area contributed by atoms with E-state index in [0.29, 0.717) is 17.3 Å². The number of hydrogen-bond acceptors (Lipinski definition) is 3. The van der Waals surface area contributed by atoms with Gasteiger partial charge in [0.05, 0.1) is 12.8 Å². The summed E-state index contributed by atoms with van der Waals surface area (Å²) in [5.74, 6) is 0.763. The molecule has 1 aromatic carbocycles. The Kier molecular flexibility index (Phi) is 3.65. The fourth-order valence-electron chi connectivity index (χ4n) is 2.83. The summed E-state index contributed by atoms with van der Waals surface area (Å²) >= 11 is 0. The van der Waals surface area contributed by atoms with E-state index in [1.54, 1.807) is 0 Å². The zero-order valence-electron chi connectivity index (χ0n) is 11.2. The maximum absolute atomic E-state index is 13.2. The number of hydrogen-bond donors (Lipinski definition) is 1. The number of aliphatic hydroxyl groups is 1. The largest absolute Gasteiger partial charge is 0.392 e. The van der Waals surface area contributed by atoms with Gasteiger partial charge >= 0.3 is 0 Å². The standard InChI is InChI=1S/C16H17FN2O/c17-15-8-14(11-20)16(18-9-15)19-7-6-13(10-19)12-4-2-1-3-5-12/h1-5,8-9,13,20H,6-7,10-11H2. The first-order valence-electron chi connectivity index (χ1n) is 6.83. The van der Waals surface area contributed by atoms with Crippen molar-refractivity contribution in [2.75, 3.05) is 18.0 Å². The number of rotatable bonds is 3.